The van der Waals surface area contributed by atoms with Crippen molar-refractivity contribution in [3.05, 3.63) is 35.9 Å². The fourth-order valence-electron chi connectivity index (χ4n) is 3.37. The highest BCUT2D eigenvalue weighted by Crippen LogP contribution is 2.47. The fraction of sp³-hybridized carbons (Fsp3) is 0.700. The first-order valence-corrected chi connectivity index (χ1v) is 11.4. The van der Waals surface area contributed by atoms with E-state index in [-0.39, 0.29) is 18.2 Å². The van der Waals surface area contributed by atoms with Crippen LogP contribution >= 0.6 is 7.75 Å². The zero-order valence-corrected chi connectivity index (χ0v) is 17.6. The highest BCUT2D eigenvalue weighted by molar-refractivity contribution is 7.51. The zero-order chi connectivity index (χ0) is 19.0. The van der Waals surface area contributed by atoms with E-state index in [2.05, 4.69) is 22.1 Å². The number of rotatable bonds is 10. The molecule has 148 valence electrons. The molecule has 5 nitrogen and oxygen atoms in total. The van der Waals surface area contributed by atoms with Crippen molar-refractivity contribution in [2.24, 2.45) is 0 Å². The second-order valence-electron chi connectivity index (χ2n) is 7.68. The minimum Gasteiger partial charge on any atom is -0.302 e. The number of benzene rings is 1. The predicted molar refractivity (Wildman–Crippen MR) is 107 cm³/mol. The van der Waals surface area contributed by atoms with E-state index in [1.807, 2.05) is 45.9 Å². The van der Waals surface area contributed by atoms with Gasteiger partial charge in [0.05, 0.1) is 12.2 Å². The van der Waals surface area contributed by atoms with Crippen LogP contribution in [0.15, 0.2) is 30.3 Å². The summed E-state index contributed by atoms with van der Waals surface area (Å²) in [6.45, 7) is 10.6. The van der Waals surface area contributed by atoms with Crippen LogP contribution in [0.1, 0.15) is 52.5 Å². The monoisotopic (exact) mass is 382 g/mol. The SMILES string of the molecule is CC(C)OP(=O)(NC(Cc1ccccc1)CN1CCCCC1)OC(C)C. The third kappa shape index (κ3) is 7.89. The van der Waals surface area contributed by atoms with E-state index in [1.54, 1.807) is 0 Å². The second kappa shape index (κ2) is 10.6. The van der Waals surface area contributed by atoms with Gasteiger partial charge in [0.2, 0.25) is 0 Å². The van der Waals surface area contributed by atoms with Gasteiger partial charge >= 0.3 is 7.75 Å². The van der Waals surface area contributed by atoms with Gasteiger partial charge in [-0.25, -0.2) is 9.65 Å². The molecule has 1 saturated heterocycles. The van der Waals surface area contributed by atoms with Crippen molar-refractivity contribution < 1.29 is 13.6 Å². The number of hydrogen-bond donors (Lipinski definition) is 1. The summed E-state index contributed by atoms with van der Waals surface area (Å²) in [6, 6.07) is 10.3. The average molecular weight is 382 g/mol. The van der Waals surface area contributed by atoms with Crippen molar-refractivity contribution in [3.63, 3.8) is 0 Å². The van der Waals surface area contributed by atoms with Gasteiger partial charge in [-0.1, -0.05) is 36.8 Å². The van der Waals surface area contributed by atoms with Crippen molar-refractivity contribution in [1.29, 1.82) is 0 Å². The van der Waals surface area contributed by atoms with Gasteiger partial charge in [0.15, 0.2) is 0 Å². The number of piperidine rings is 1. The Kier molecular flexibility index (Phi) is 8.78. The van der Waals surface area contributed by atoms with Gasteiger partial charge in [-0.15, -0.1) is 0 Å². The molecule has 1 heterocycles. The van der Waals surface area contributed by atoms with Crippen LogP contribution in [0.25, 0.3) is 0 Å². The largest absolute Gasteiger partial charge is 0.406 e. The molecule has 1 unspecified atom stereocenters. The van der Waals surface area contributed by atoms with E-state index in [0.717, 1.165) is 26.1 Å². The van der Waals surface area contributed by atoms with E-state index < -0.39 is 7.75 Å². The molecule has 1 aromatic carbocycles. The van der Waals surface area contributed by atoms with E-state index in [4.69, 9.17) is 9.05 Å². The van der Waals surface area contributed by atoms with Crippen LogP contribution in [0.5, 0.6) is 0 Å². The molecule has 1 aromatic rings. The molecule has 0 bridgehead atoms. The topological polar surface area (TPSA) is 50.8 Å². The summed E-state index contributed by atoms with van der Waals surface area (Å²) in [5.41, 5.74) is 1.22. The molecular weight excluding hydrogens is 347 g/mol. The van der Waals surface area contributed by atoms with Gasteiger partial charge in [-0.05, 0) is 65.6 Å². The summed E-state index contributed by atoms with van der Waals surface area (Å²) in [5.74, 6) is 0. The van der Waals surface area contributed by atoms with Gasteiger partial charge in [0.1, 0.15) is 0 Å². The highest BCUT2D eigenvalue weighted by Gasteiger charge is 2.32. The van der Waals surface area contributed by atoms with E-state index in [0.29, 0.717) is 0 Å². The Balaban J connectivity index is 2.12. The molecule has 1 atom stereocenters. The Morgan fingerprint density at radius 3 is 2.12 bits per heavy atom. The Bertz CT molecular complexity index is 545. The first kappa shape index (κ1) is 21.6. The van der Waals surface area contributed by atoms with Crippen LogP contribution in [0.4, 0.5) is 0 Å². The maximum Gasteiger partial charge on any atom is 0.406 e. The average Bonchev–Trinajstić information content (AvgIpc) is 2.54. The summed E-state index contributed by atoms with van der Waals surface area (Å²) in [7, 11) is -3.37. The maximum atomic E-state index is 13.3. The molecule has 0 saturated carbocycles. The molecule has 0 amide bonds. The van der Waals surface area contributed by atoms with Gasteiger partial charge in [0.25, 0.3) is 0 Å². The van der Waals surface area contributed by atoms with Crippen LogP contribution in [0.3, 0.4) is 0 Å². The van der Waals surface area contributed by atoms with Gasteiger partial charge in [-0.3, -0.25) is 9.05 Å². The molecule has 2 rings (SSSR count). The van der Waals surface area contributed by atoms with Gasteiger partial charge in [0, 0.05) is 12.6 Å². The first-order chi connectivity index (χ1) is 12.4. The molecule has 0 radical (unpaired) electrons. The third-order valence-corrected chi connectivity index (χ3v) is 6.37. The van der Waals surface area contributed by atoms with Gasteiger partial charge in [-0.2, -0.15) is 0 Å². The second-order valence-corrected chi connectivity index (χ2v) is 9.36. The lowest BCUT2D eigenvalue weighted by atomic mass is 10.0. The molecule has 6 heteroatoms. The summed E-state index contributed by atoms with van der Waals surface area (Å²) in [5, 5.41) is 3.26. The molecule has 26 heavy (non-hydrogen) atoms. The summed E-state index contributed by atoms with van der Waals surface area (Å²) in [6.07, 6.45) is 4.24. The van der Waals surface area contributed by atoms with Crippen LogP contribution in [0, 0.1) is 0 Å². The summed E-state index contributed by atoms with van der Waals surface area (Å²) < 4.78 is 24.7. The lowest BCUT2D eigenvalue weighted by molar-refractivity contribution is 0.128. The van der Waals surface area contributed by atoms with Gasteiger partial charge < -0.3 is 4.90 Å². The van der Waals surface area contributed by atoms with Crippen molar-refractivity contribution in [2.45, 2.75) is 71.6 Å². The first-order valence-electron chi connectivity index (χ1n) is 9.87. The Labute approximate surface area is 159 Å². The number of nitrogens with zero attached hydrogens (tertiary/aromatic N) is 1. The van der Waals surface area contributed by atoms with Crippen LogP contribution in [0.2, 0.25) is 0 Å². The maximum absolute atomic E-state index is 13.3. The van der Waals surface area contributed by atoms with Crippen molar-refractivity contribution in [3.8, 4) is 0 Å². The lowest BCUT2D eigenvalue weighted by Crippen LogP contribution is -2.44. The molecule has 1 aliphatic rings. The minimum atomic E-state index is -3.37. The predicted octanol–water partition coefficient (Wildman–Crippen LogP) is 4.63. The Hall–Kier alpha value is -0.710. The minimum absolute atomic E-state index is 0.0128. The summed E-state index contributed by atoms with van der Waals surface area (Å²) in [4.78, 5) is 2.46. The summed E-state index contributed by atoms with van der Waals surface area (Å²) >= 11 is 0. The quantitative estimate of drug-likeness (QED) is 0.598. The number of likely N-dealkylation sites (tertiary alicyclic amines) is 1. The van der Waals surface area contributed by atoms with Crippen LogP contribution < -0.4 is 5.09 Å². The molecule has 0 spiro atoms. The smallest absolute Gasteiger partial charge is 0.302 e. The zero-order valence-electron chi connectivity index (χ0n) is 16.7. The van der Waals surface area contributed by atoms with Crippen molar-refractivity contribution in [1.82, 2.24) is 9.99 Å². The molecule has 0 aliphatic carbocycles. The van der Waals surface area contributed by atoms with E-state index in [9.17, 15) is 4.57 Å². The standard InChI is InChI=1S/C20H35N2O3P/c1-17(2)24-26(23,25-18(3)4)21-20(15-19-11-7-5-8-12-19)16-22-13-9-6-10-14-22/h5,7-8,11-12,17-18,20H,6,9-10,13-16H2,1-4H3,(H,21,23). The number of nitrogens with one attached hydrogen (secondary N) is 1. The molecule has 1 fully saturated rings. The van der Waals surface area contributed by atoms with Crippen molar-refractivity contribution in [2.75, 3.05) is 19.6 Å². The molecule has 1 aliphatic heterocycles. The number of hydrogen-bond acceptors (Lipinski definition) is 4. The van der Waals surface area contributed by atoms with E-state index >= 15 is 0 Å². The van der Waals surface area contributed by atoms with Crippen molar-refractivity contribution >= 4 is 7.75 Å². The fourth-order valence-corrected chi connectivity index (χ4v) is 5.27. The highest BCUT2D eigenvalue weighted by atomic mass is 31.2. The van der Waals surface area contributed by atoms with Crippen LogP contribution in [-0.2, 0) is 20.0 Å². The van der Waals surface area contributed by atoms with E-state index in [1.165, 1.54) is 24.8 Å². The van der Waals surface area contributed by atoms with Crippen LogP contribution in [-0.4, -0.2) is 42.8 Å². The third-order valence-electron chi connectivity index (χ3n) is 4.29. The molecule has 0 aromatic heterocycles. The lowest BCUT2D eigenvalue weighted by Gasteiger charge is -2.33. The molecular formula is C20H35N2O3P. The Morgan fingerprint density at radius 1 is 1.00 bits per heavy atom. The Morgan fingerprint density at radius 2 is 1.58 bits per heavy atom. The normalized spacial score (nSPS) is 17.8. The molecule has 1 N–H and O–H groups in total.